The number of rotatable bonds is 5. The minimum atomic E-state index is -4.63. The summed E-state index contributed by atoms with van der Waals surface area (Å²) < 4.78 is 55.8. The van der Waals surface area contributed by atoms with Gasteiger partial charge in [0, 0.05) is 38.1 Å². The summed E-state index contributed by atoms with van der Waals surface area (Å²) in [6.45, 7) is 3.14. The van der Waals surface area contributed by atoms with Crippen molar-refractivity contribution in [2.45, 2.75) is 32.5 Å². The second-order valence-electron chi connectivity index (χ2n) is 9.23. The molecule has 0 spiro atoms. The van der Waals surface area contributed by atoms with Gasteiger partial charge in [-0.2, -0.15) is 18.3 Å². The summed E-state index contributed by atoms with van der Waals surface area (Å²) in [6.07, 6.45) is -4.62. The monoisotopic (exact) mass is 552 g/mol. The van der Waals surface area contributed by atoms with Crippen LogP contribution in [-0.4, -0.2) is 46.2 Å². The molecule has 1 aliphatic heterocycles. The Morgan fingerprint density at radius 1 is 1.13 bits per heavy atom. The van der Waals surface area contributed by atoms with Crippen molar-refractivity contribution in [2.24, 2.45) is 13.0 Å². The van der Waals surface area contributed by atoms with E-state index in [4.69, 9.17) is 11.6 Å². The molecule has 2 aromatic heterocycles. The number of nitrogens with zero attached hydrogens (tertiary/aromatic N) is 5. The maximum absolute atomic E-state index is 13.7. The van der Waals surface area contributed by atoms with Crippen molar-refractivity contribution in [3.63, 3.8) is 0 Å². The van der Waals surface area contributed by atoms with Gasteiger partial charge < -0.3 is 15.1 Å². The molecule has 2 atom stereocenters. The smallest absolute Gasteiger partial charge is 0.344 e. The summed E-state index contributed by atoms with van der Waals surface area (Å²) in [7, 11) is 3.11. The number of nitrogens with one attached hydrogen (secondary N) is 1. The van der Waals surface area contributed by atoms with Gasteiger partial charge in [-0.25, -0.2) is 9.37 Å². The van der Waals surface area contributed by atoms with Gasteiger partial charge in [-0.15, -0.1) is 0 Å². The maximum atomic E-state index is 13.7. The van der Waals surface area contributed by atoms with Gasteiger partial charge in [0.05, 0.1) is 22.2 Å². The highest BCUT2D eigenvalue weighted by Gasteiger charge is 2.43. The number of amides is 2. The largest absolute Gasteiger partial charge is 0.416 e. The van der Waals surface area contributed by atoms with Gasteiger partial charge in [0.15, 0.2) is 0 Å². The van der Waals surface area contributed by atoms with Gasteiger partial charge in [-0.1, -0.05) is 11.6 Å². The lowest BCUT2D eigenvalue weighted by molar-refractivity contribution is -0.137. The van der Waals surface area contributed by atoms with Crippen LogP contribution >= 0.6 is 11.6 Å². The van der Waals surface area contributed by atoms with Crippen LogP contribution in [0.5, 0.6) is 0 Å². The van der Waals surface area contributed by atoms with E-state index in [1.807, 2.05) is 0 Å². The van der Waals surface area contributed by atoms with E-state index in [2.05, 4.69) is 15.4 Å². The Morgan fingerprint density at radius 3 is 2.45 bits per heavy atom. The van der Waals surface area contributed by atoms with E-state index in [-0.39, 0.29) is 35.2 Å². The van der Waals surface area contributed by atoms with Gasteiger partial charge in [0.1, 0.15) is 23.5 Å². The van der Waals surface area contributed by atoms with Crippen LogP contribution in [0.4, 0.5) is 34.9 Å². The summed E-state index contributed by atoms with van der Waals surface area (Å²) in [6, 6.07) is 6.18. The average molecular weight is 553 g/mol. The quantitative estimate of drug-likeness (QED) is 0.462. The molecule has 1 aromatic carbocycles. The third-order valence-corrected chi connectivity index (χ3v) is 6.68. The number of carbonyl (C=O) groups excluding carboxylic acids is 2. The summed E-state index contributed by atoms with van der Waals surface area (Å²) in [5, 5.41) is 6.77. The lowest BCUT2D eigenvalue weighted by Gasteiger charge is -2.29. The molecule has 1 saturated heterocycles. The number of hydrogen-bond acceptors (Lipinski definition) is 5. The van der Waals surface area contributed by atoms with Gasteiger partial charge in [0.25, 0.3) is 0 Å². The van der Waals surface area contributed by atoms with Gasteiger partial charge in [-0.3, -0.25) is 14.3 Å². The third-order valence-electron chi connectivity index (χ3n) is 6.39. The SMILES string of the molecule is Cc1cc(C(F)(F)F)cc(N2C[C@@H](C(=O)Nc3cc(C)nn3C)C[C@H]2C(=O)N(C)c2ccc(F)c(Cl)c2)n1. The molecule has 0 aliphatic carbocycles. The number of anilines is 3. The zero-order valence-corrected chi connectivity index (χ0v) is 21.7. The first-order chi connectivity index (χ1) is 17.7. The average Bonchev–Trinajstić information content (AvgIpc) is 3.42. The number of pyridine rings is 1. The van der Waals surface area contributed by atoms with Crippen LogP contribution in [0.2, 0.25) is 5.02 Å². The van der Waals surface area contributed by atoms with E-state index < -0.39 is 41.3 Å². The molecule has 4 rings (SSSR count). The fraction of sp³-hybridized carbons (Fsp3) is 0.360. The van der Waals surface area contributed by atoms with Gasteiger partial charge in [0.2, 0.25) is 11.8 Å². The summed E-state index contributed by atoms with van der Waals surface area (Å²) >= 11 is 5.88. The van der Waals surface area contributed by atoms with Crippen LogP contribution in [0, 0.1) is 25.6 Å². The zero-order chi connectivity index (χ0) is 27.9. The third kappa shape index (κ3) is 5.59. The Morgan fingerprint density at radius 2 is 1.84 bits per heavy atom. The van der Waals surface area contributed by atoms with E-state index in [0.717, 1.165) is 18.2 Å². The molecule has 2 amide bonds. The van der Waals surface area contributed by atoms with Gasteiger partial charge in [-0.05, 0) is 50.6 Å². The molecule has 0 bridgehead atoms. The number of hydrogen-bond donors (Lipinski definition) is 1. The zero-order valence-electron chi connectivity index (χ0n) is 21.0. The number of benzene rings is 1. The normalized spacial score (nSPS) is 17.6. The molecule has 8 nitrogen and oxygen atoms in total. The highest BCUT2D eigenvalue weighted by molar-refractivity contribution is 6.31. The highest BCUT2D eigenvalue weighted by Crippen LogP contribution is 2.36. The van der Waals surface area contributed by atoms with E-state index in [1.165, 1.54) is 40.6 Å². The standard InChI is InChI=1S/C25H25ClF4N6O2/c1-13-7-16(25(28,29)30)10-22(31-13)36-12-15(23(37)32-21-8-14(2)33-35(21)4)9-20(36)24(38)34(3)17-5-6-19(27)18(26)11-17/h5-8,10-11,15,20H,9,12H2,1-4H3,(H,32,37)/t15-,20-/m0/s1. The van der Waals surface area contributed by atoms with Crippen LogP contribution in [-0.2, 0) is 22.8 Å². The molecule has 0 unspecified atom stereocenters. The van der Waals surface area contributed by atoms with Crippen molar-refractivity contribution in [2.75, 3.05) is 28.7 Å². The van der Waals surface area contributed by atoms with E-state index in [0.29, 0.717) is 11.5 Å². The predicted molar refractivity (Wildman–Crippen MR) is 135 cm³/mol. The molecular weight excluding hydrogens is 528 g/mol. The van der Waals surface area contributed by atoms with Crippen molar-refractivity contribution in [1.29, 1.82) is 0 Å². The molecule has 1 N–H and O–H groups in total. The minimum absolute atomic E-state index is 0.0116. The fourth-order valence-electron chi connectivity index (χ4n) is 4.48. The Hall–Kier alpha value is -3.67. The molecule has 0 saturated carbocycles. The number of halogens is 5. The van der Waals surface area contributed by atoms with Crippen molar-refractivity contribution < 1.29 is 27.2 Å². The second kappa shape index (κ2) is 10.2. The minimum Gasteiger partial charge on any atom is -0.344 e. The molecule has 13 heteroatoms. The number of aromatic nitrogens is 3. The van der Waals surface area contributed by atoms with Crippen molar-refractivity contribution in [3.05, 3.63) is 64.2 Å². The Labute approximate surface area is 221 Å². The van der Waals surface area contributed by atoms with Crippen LogP contribution in [0.15, 0.2) is 36.4 Å². The highest BCUT2D eigenvalue weighted by atomic mass is 35.5. The van der Waals surface area contributed by atoms with Crippen LogP contribution in [0.25, 0.3) is 0 Å². The molecule has 1 aliphatic rings. The van der Waals surface area contributed by atoms with E-state index in [1.54, 1.807) is 20.0 Å². The Balaban J connectivity index is 1.68. The lowest BCUT2D eigenvalue weighted by atomic mass is 10.0. The lowest BCUT2D eigenvalue weighted by Crippen LogP contribution is -2.44. The number of alkyl halides is 3. The molecular formula is C25H25ClF4N6O2. The molecule has 38 heavy (non-hydrogen) atoms. The van der Waals surface area contributed by atoms with Crippen LogP contribution in [0.3, 0.4) is 0 Å². The first-order valence-corrected chi connectivity index (χ1v) is 12.0. The van der Waals surface area contributed by atoms with E-state index in [9.17, 15) is 27.2 Å². The number of likely N-dealkylation sites (N-methyl/N-ethyl adjacent to an activating group) is 1. The molecule has 0 radical (unpaired) electrons. The Kier molecular flexibility index (Phi) is 7.37. The Bertz CT molecular complexity index is 1390. The van der Waals surface area contributed by atoms with Crippen LogP contribution in [0.1, 0.15) is 23.4 Å². The van der Waals surface area contributed by atoms with E-state index >= 15 is 0 Å². The van der Waals surface area contributed by atoms with Crippen molar-refractivity contribution in [3.8, 4) is 0 Å². The van der Waals surface area contributed by atoms with Crippen molar-refractivity contribution >= 4 is 40.7 Å². The maximum Gasteiger partial charge on any atom is 0.416 e. The number of carbonyl (C=O) groups is 2. The predicted octanol–water partition coefficient (Wildman–Crippen LogP) is 4.74. The van der Waals surface area contributed by atoms with Crippen molar-refractivity contribution in [1.82, 2.24) is 14.8 Å². The number of aryl methyl sites for hydroxylation is 3. The first-order valence-electron chi connectivity index (χ1n) is 11.6. The summed E-state index contributed by atoms with van der Waals surface area (Å²) in [5.41, 5.74) is 0.168. The van der Waals surface area contributed by atoms with Gasteiger partial charge >= 0.3 is 6.18 Å². The molecule has 3 heterocycles. The molecule has 1 fully saturated rings. The van der Waals surface area contributed by atoms with Crippen LogP contribution < -0.4 is 15.1 Å². The second-order valence-corrected chi connectivity index (χ2v) is 9.64. The molecule has 3 aromatic rings. The summed E-state index contributed by atoms with van der Waals surface area (Å²) in [4.78, 5) is 33.7. The summed E-state index contributed by atoms with van der Waals surface area (Å²) in [5.74, 6) is -1.97. The first kappa shape index (κ1) is 27.4. The fourth-order valence-corrected chi connectivity index (χ4v) is 4.65. The topological polar surface area (TPSA) is 83.4 Å². The molecule has 202 valence electrons.